The minimum atomic E-state index is -1.97. The molecule has 16 nitrogen and oxygen atoms in total. The topological polar surface area (TPSA) is 221 Å². The van der Waals surface area contributed by atoms with Crippen molar-refractivity contribution in [3.8, 4) is 17.2 Å². The van der Waals surface area contributed by atoms with Crippen molar-refractivity contribution >= 4 is 60.8 Å². The molecule has 6 rings (SSSR count). The number of thiazole rings is 1. The zero-order valence-electron chi connectivity index (χ0n) is 36.1. The Labute approximate surface area is 359 Å². The van der Waals surface area contributed by atoms with Gasteiger partial charge in [-0.2, -0.15) is 0 Å². The lowest BCUT2D eigenvalue weighted by atomic mass is 9.78. The Bertz CT molecular complexity index is 2270. The van der Waals surface area contributed by atoms with Crippen LogP contribution in [-0.4, -0.2) is 130 Å². The summed E-state index contributed by atoms with van der Waals surface area (Å²) in [5.74, 6) is -6.95. The van der Waals surface area contributed by atoms with Crippen LogP contribution >= 0.6 is 11.3 Å². The van der Waals surface area contributed by atoms with Gasteiger partial charge in [0.2, 0.25) is 0 Å². The number of carbonyl (C=O) groups excluding carboxylic acids is 3. The first-order valence-corrected chi connectivity index (χ1v) is 21.4. The summed E-state index contributed by atoms with van der Waals surface area (Å²) in [6.07, 6.45) is 3.89. The van der Waals surface area contributed by atoms with Crippen molar-refractivity contribution < 1.29 is 58.9 Å². The molecule has 6 N–H and O–H groups in total. The quantitative estimate of drug-likeness (QED) is 0.150. The highest BCUT2D eigenvalue weighted by Crippen LogP contribution is 2.55. The van der Waals surface area contributed by atoms with E-state index in [1.165, 1.54) is 38.6 Å². The molecule has 3 aliphatic rings. The monoisotopic (exact) mass is 866 g/mol. The molecular weight excluding hydrogens is 809 g/mol. The van der Waals surface area contributed by atoms with Gasteiger partial charge in [0.05, 0.1) is 52.3 Å². The van der Waals surface area contributed by atoms with Crippen LogP contribution in [0.3, 0.4) is 0 Å². The number of ketones is 1. The van der Waals surface area contributed by atoms with Crippen LogP contribution in [0.4, 0.5) is 10.8 Å². The molecule has 0 saturated carbocycles. The van der Waals surface area contributed by atoms with Gasteiger partial charge in [0, 0.05) is 93.9 Å². The molecule has 2 aromatic carbocycles. The Kier molecular flexibility index (Phi) is 13.7. The SMILES string of the molecule is CO[C@@H]1/C=C/O[C@@]2(C)Oc3c(C)c(O)c4c(O)c(c5sc(N6CCN(CCO)CC6)nc5c4c3C2=O)NC(=O)/C(C)=C\C=C\[C@H](C)[C@H](O)[C@@H](C)[C@@H](O)[C@@H](C)[C@H](OC(C)=O)[C@@H]1C. The van der Waals surface area contributed by atoms with Crippen molar-refractivity contribution in [1.29, 1.82) is 0 Å². The Hall–Kier alpha value is -4.78. The minimum Gasteiger partial charge on any atom is -0.507 e. The third-order valence-electron chi connectivity index (χ3n) is 12.4. The summed E-state index contributed by atoms with van der Waals surface area (Å²) in [7, 11) is 1.46. The molecule has 1 aromatic heterocycles. The number of methoxy groups -OCH3 is 1. The van der Waals surface area contributed by atoms with E-state index in [0.717, 1.165) is 0 Å². The van der Waals surface area contributed by atoms with Crippen LogP contribution in [0.2, 0.25) is 0 Å². The summed E-state index contributed by atoms with van der Waals surface area (Å²) in [6.45, 7) is 15.9. The van der Waals surface area contributed by atoms with E-state index in [2.05, 4.69) is 15.1 Å². The fourth-order valence-electron chi connectivity index (χ4n) is 8.55. The largest absolute Gasteiger partial charge is 0.507 e. The number of ether oxygens (including phenoxy) is 4. The number of phenols is 2. The molecule has 17 heteroatoms. The number of aromatic nitrogens is 1. The molecule has 4 bridgehead atoms. The molecule has 61 heavy (non-hydrogen) atoms. The normalized spacial score (nSPS) is 31.4. The number of Topliss-reactive ketones (excluding diaryl/α,β-unsaturated/α-hetero) is 1. The predicted octanol–water partition coefficient (Wildman–Crippen LogP) is 4.77. The van der Waals surface area contributed by atoms with Crippen LogP contribution in [0.5, 0.6) is 17.2 Å². The lowest BCUT2D eigenvalue weighted by Crippen LogP contribution is -2.47. The number of nitrogens with one attached hydrogen (secondary N) is 1. The number of aromatic hydroxyl groups is 2. The molecule has 3 aliphatic heterocycles. The molecular formula is C44H58N4O12S. The lowest BCUT2D eigenvalue weighted by Gasteiger charge is -2.38. The number of anilines is 2. The second kappa shape index (κ2) is 18.3. The average molecular weight is 867 g/mol. The fraction of sp³-hybridized carbons (Fsp3) is 0.545. The zero-order chi connectivity index (χ0) is 44.7. The summed E-state index contributed by atoms with van der Waals surface area (Å²) >= 11 is 1.21. The van der Waals surface area contributed by atoms with Crippen molar-refractivity contribution in [2.45, 2.75) is 85.6 Å². The van der Waals surface area contributed by atoms with Crippen LogP contribution in [0.25, 0.3) is 21.0 Å². The van der Waals surface area contributed by atoms with Gasteiger partial charge >= 0.3 is 11.8 Å². The van der Waals surface area contributed by atoms with Crippen LogP contribution in [0.15, 0.2) is 36.1 Å². The van der Waals surface area contributed by atoms with Gasteiger partial charge in [0.1, 0.15) is 23.3 Å². The van der Waals surface area contributed by atoms with E-state index in [9.17, 15) is 39.9 Å². The molecule has 1 saturated heterocycles. The van der Waals surface area contributed by atoms with E-state index in [1.807, 2.05) is 0 Å². The number of esters is 1. The van der Waals surface area contributed by atoms with E-state index < -0.39 is 77.3 Å². The molecule has 3 aromatic rings. The van der Waals surface area contributed by atoms with Crippen molar-refractivity contribution in [3.05, 3.63) is 47.3 Å². The Morgan fingerprint density at radius 1 is 1.00 bits per heavy atom. The Morgan fingerprint density at radius 2 is 1.69 bits per heavy atom. The third kappa shape index (κ3) is 8.68. The zero-order valence-corrected chi connectivity index (χ0v) is 36.9. The second-order valence-electron chi connectivity index (χ2n) is 16.6. The number of piperazine rings is 1. The number of allylic oxidation sites excluding steroid dienone is 2. The van der Waals surface area contributed by atoms with Crippen LogP contribution in [-0.2, 0) is 23.8 Å². The minimum absolute atomic E-state index is 0.00295. The van der Waals surface area contributed by atoms with E-state index in [4.69, 9.17) is 23.9 Å². The Balaban J connectivity index is 1.53. The van der Waals surface area contributed by atoms with Crippen molar-refractivity contribution in [2.75, 3.05) is 56.7 Å². The summed E-state index contributed by atoms with van der Waals surface area (Å²) in [6, 6.07) is 0. The highest BCUT2D eigenvalue weighted by molar-refractivity contribution is 7.23. The molecule has 9 atom stereocenters. The van der Waals surface area contributed by atoms with Crippen molar-refractivity contribution in [3.63, 3.8) is 0 Å². The maximum Gasteiger partial charge on any atom is 0.312 e. The third-order valence-corrected chi connectivity index (χ3v) is 13.5. The van der Waals surface area contributed by atoms with Gasteiger partial charge in [0.15, 0.2) is 10.9 Å². The number of fused-ring (bicyclic) bond motifs is 1. The first-order chi connectivity index (χ1) is 28.8. The number of benzene rings is 2. The highest BCUT2D eigenvalue weighted by Gasteiger charge is 2.50. The number of phenolic OH excluding ortho intramolecular Hbond substituents is 2. The number of rotatable bonds is 5. The predicted molar refractivity (Wildman–Crippen MR) is 231 cm³/mol. The molecule has 0 aliphatic carbocycles. The number of nitrogens with zero attached hydrogens (tertiary/aromatic N) is 3. The van der Waals surface area contributed by atoms with Crippen LogP contribution in [0.1, 0.15) is 64.4 Å². The van der Waals surface area contributed by atoms with Crippen LogP contribution in [0, 0.1) is 30.6 Å². The van der Waals surface area contributed by atoms with Gasteiger partial charge in [-0.05, 0) is 19.9 Å². The molecule has 4 heterocycles. The molecule has 332 valence electrons. The average Bonchev–Trinajstić information content (AvgIpc) is 3.79. The van der Waals surface area contributed by atoms with E-state index in [1.54, 1.807) is 65.8 Å². The number of carbonyl (C=O) groups is 3. The second-order valence-corrected chi connectivity index (χ2v) is 17.6. The molecule has 1 fully saturated rings. The first-order valence-electron chi connectivity index (χ1n) is 20.6. The molecule has 0 spiro atoms. The van der Waals surface area contributed by atoms with Crippen molar-refractivity contribution in [1.82, 2.24) is 9.88 Å². The van der Waals surface area contributed by atoms with Gasteiger partial charge in [-0.25, -0.2) is 4.98 Å². The van der Waals surface area contributed by atoms with Crippen LogP contribution < -0.4 is 15.0 Å². The molecule has 0 unspecified atom stereocenters. The number of β-amino-alcohol motifs (C(OH)–C–C–N with tert-alkyl or cyclic N) is 1. The fourth-order valence-corrected chi connectivity index (χ4v) is 9.68. The summed E-state index contributed by atoms with van der Waals surface area (Å²) in [5.41, 5.74) is 0.665. The van der Waals surface area contributed by atoms with Gasteiger partial charge in [-0.3, -0.25) is 19.3 Å². The highest BCUT2D eigenvalue weighted by atomic mass is 32.1. The number of aliphatic hydroxyl groups is 3. The van der Waals surface area contributed by atoms with Gasteiger partial charge in [-0.1, -0.05) is 57.3 Å². The van der Waals surface area contributed by atoms with Gasteiger partial charge in [0.25, 0.3) is 11.7 Å². The lowest BCUT2D eigenvalue weighted by molar-refractivity contribution is -0.160. The van der Waals surface area contributed by atoms with Gasteiger partial charge in [-0.15, -0.1) is 0 Å². The number of amides is 1. The van der Waals surface area contributed by atoms with E-state index >= 15 is 0 Å². The molecule has 1 amide bonds. The first kappa shape index (κ1) is 45.7. The molecule has 0 radical (unpaired) electrons. The number of hydrogen-bond donors (Lipinski definition) is 6. The standard InChI is InChI=1S/C44H58N4O12S/c1-21-11-10-12-22(2)42(56)45-33-37(54)30-29(32-40(33)61-43(46-32)48-16-14-47(15-17-48)18-19-49)31-39(26(6)36(30)53)60-44(8,41(31)55)58-20-13-28(57-9)23(3)38(59-27(7)50)25(5)35(52)24(4)34(21)51/h10-13,20-21,23-25,28,34-35,38,49,51-54H,14-19H2,1-9H3,(H,45,56)/b11-10+,20-13+,22-12-/t21-,23+,24+,25+,28+,34-,35+,38+,44-/m0/s1. The van der Waals surface area contributed by atoms with Crippen molar-refractivity contribution in [2.24, 2.45) is 23.7 Å². The number of aliphatic hydroxyl groups excluding tert-OH is 3. The van der Waals surface area contributed by atoms with E-state index in [0.29, 0.717) is 42.6 Å². The van der Waals surface area contributed by atoms with Gasteiger partial charge < -0.3 is 54.7 Å². The summed E-state index contributed by atoms with van der Waals surface area (Å²) in [4.78, 5) is 50.1. The maximum atomic E-state index is 14.7. The number of hydrogen-bond acceptors (Lipinski definition) is 16. The maximum absolute atomic E-state index is 14.7. The van der Waals surface area contributed by atoms with E-state index in [-0.39, 0.29) is 56.8 Å². The Morgan fingerprint density at radius 3 is 2.33 bits per heavy atom. The summed E-state index contributed by atoms with van der Waals surface area (Å²) in [5, 5.41) is 59.7. The summed E-state index contributed by atoms with van der Waals surface area (Å²) < 4.78 is 24.3. The smallest absolute Gasteiger partial charge is 0.312 e.